The van der Waals surface area contributed by atoms with Crippen molar-refractivity contribution in [2.45, 2.75) is 12.8 Å². The Kier molecular flexibility index (Phi) is 1.01. The second-order valence-electron chi connectivity index (χ2n) is 3.18. The fraction of sp³-hybridized carbons (Fsp3) is 0.556. The molecule has 3 atom stereocenters. The van der Waals surface area contributed by atoms with E-state index >= 15 is 0 Å². The lowest BCUT2D eigenvalue weighted by atomic mass is 9.94. The molecular formula is C9H12. The Morgan fingerprint density at radius 3 is 2.56 bits per heavy atom. The van der Waals surface area contributed by atoms with Crippen LogP contribution in [-0.4, -0.2) is 0 Å². The monoisotopic (exact) mass is 120 g/mol. The van der Waals surface area contributed by atoms with Crippen molar-refractivity contribution in [2.75, 3.05) is 0 Å². The average Bonchev–Trinajstić information content (AvgIpc) is 2.45. The molecule has 2 aliphatic carbocycles. The first-order valence-corrected chi connectivity index (χ1v) is 3.71. The van der Waals surface area contributed by atoms with Crippen molar-refractivity contribution < 1.29 is 0 Å². The van der Waals surface area contributed by atoms with Crippen LogP contribution in [0.4, 0.5) is 0 Å². The summed E-state index contributed by atoms with van der Waals surface area (Å²) in [7, 11) is 0. The third-order valence-electron chi connectivity index (χ3n) is 2.63. The molecule has 0 aliphatic heterocycles. The normalized spacial score (nSPS) is 46.0. The van der Waals surface area contributed by atoms with E-state index in [0.29, 0.717) is 0 Å². The van der Waals surface area contributed by atoms with E-state index in [1.807, 2.05) is 0 Å². The molecule has 0 heterocycles. The van der Waals surface area contributed by atoms with Gasteiger partial charge in [0.1, 0.15) is 0 Å². The van der Waals surface area contributed by atoms with Crippen molar-refractivity contribution >= 4 is 0 Å². The summed E-state index contributed by atoms with van der Waals surface area (Å²) in [5.41, 5.74) is 0. The van der Waals surface area contributed by atoms with Crippen molar-refractivity contribution in [2.24, 2.45) is 17.8 Å². The molecule has 2 bridgehead atoms. The SMILES string of the molecule is C=C[C@@H]1C[C@H]2C=C[C@@H]1C2. The largest absolute Gasteiger partial charge is 0.103 e. The van der Waals surface area contributed by atoms with Gasteiger partial charge in [0.15, 0.2) is 0 Å². The molecule has 0 nitrogen and oxygen atoms in total. The summed E-state index contributed by atoms with van der Waals surface area (Å²) in [4.78, 5) is 0. The molecule has 9 heavy (non-hydrogen) atoms. The molecule has 1 fully saturated rings. The summed E-state index contributed by atoms with van der Waals surface area (Å²) in [6, 6.07) is 0. The van der Waals surface area contributed by atoms with E-state index in [-0.39, 0.29) is 0 Å². The average molecular weight is 120 g/mol. The van der Waals surface area contributed by atoms with E-state index < -0.39 is 0 Å². The molecule has 0 unspecified atom stereocenters. The van der Waals surface area contributed by atoms with Crippen LogP contribution in [0, 0.1) is 17.8 Å². The van der Waals surface area contributed by atoms with Gasteiger partial charge in [-0.05, 0) is 30.6 Å². The third kappa shape index (κ3) is 0.658. The van der Waals surface area contributed by atoms with Crippen molar-refractivity contribution in [3.05, 3.63) is 24.8 Å². The summed E-state index contributed by atoms with van der Waals surface area (Å²) >= 11 is 0. The lowest BCUT2D eigenvalue weighted by molar-refractivity contribution is 0.551. The van der Waals surface area contributed by atoms with Gasteiger partial charge >= 0.3 is 0 Å². The van der Waals surface area contributed by atoms with Gasteiger partial charge in [0.2, 0.25) is 0 Å². The molecule has 0 N–H and O–H groups in total. The van der Waals surface area contributed by atoms with E-state index in [1.54, 1.807) is 0 Å². The lowest BCUT2D eigenvalue weighted by Gasteiger charge is -2.11. The Hall–Kier alpha value is -0.520. The molecule has 48 valence electrons. The maximum absolute atomic E-state index is 3.83. The van der Waals surface area contributed by atoms with Crippen LogP contribution in [0.25, 0.3) is 0 Å². The molecule has 2 aliphatic rings. The van der Waals surface area contributed by atoms with E-state index in [0.717, 1.165) is 17.8 Å². The van der Waals surface area contributed by atoms with Crippen molar-refractivity contribution in [3.8, 4) is 0 Å². The van der Waals surface area contributed by atoms with Gasteiger partial charge in [0.25, 0.3) is 0 Å². The first kappa shape index (κ1) is 5.28. The number of fused-ring (bicyclic) bond motifs is 2. The summed E-state index contributed by atoms with van der Waals surface area (Å²) in [6.45, 7) is 3.83. The molecule has 2 rings (SSSR count). The Bertz CT molecular complexity index is 155. The maximum atomic E-state index is 3.83. The van der Waals surface area contributed by atoms with Gasteiger partial charge < -0.3 is 0 Å². The van der Waals surface area contributed by atoms with Crippen LogP contribution in [0.15, 0.2) is 24.8 Å². The molecule has 0 radical (unpaired) electrons. The van der Waals surface area contributed by atoms with Gasteiger partial charge in [0, 0.05) is 0 Å². The zero-order chi connectivity index (χ0) is 6.27. The van der Waals surface area contributed by atoms with E-state index in [9.17, 15) is 0 Å². The summed E-state index contributed by atoms with van der Waals surface area (Å²) < 4.78 is 0. The second-order valence-corrected chi connectivity index (χ2v) is 3.18. The number of hydrogen-bond acceptors (Lipinski definition) is 0. The Labute approximate surface area is 56.3 Å². The Balaban J connectivity index is 2.19. The van der Waals surface area contributed by atoms with Crippen LogP contribution < -0.4 is 0 Å². The number of allylic oxidation sites excluding steroid dienone is 3. The van der Waals surface area contributed by atoms with E-state index in [2.05, 4.69) is 24.8 Å². The highest BCUT2D eigenvalue weighted by molar-refractivity contribution is 5.13. The first-order chi connectivity index (χ1) is 4.40. The van der Waals surface area contributed by atoms with Crippen LogP contribution in [-0.2, 0) is 0 Å². The summed E-state index contributed by atoms with van der Waals surface area (Å²) in [5, 5.41) is 0. The van der Waals surface area contributed by atoms with Crippen LogP contribution in [0.3, 0.4) is 0 Å². The fourth-order valence-corrected chi connectivity index (χ4v) is 2.09. The standard InChI is InChI=1S/C9H12/c1-2-8-5-7-3-4-9(8)6-7/h2-4,7-9H,1,5-6H2/t7-,8-,9-/m1/s1. The van der Waals surface area contributed by atoms with Crippen LogP contribution >= 0.6 is 0 Å². The van der Waals surface area contributed by atoms with Gasteiger partial charge in [-0.15, -0.1) is 6.58 Å². The van der Waals surface area contributed by atoms with Gasteiger partial charge in [-0.3, -0.25) is 0 Å². The molecule has 0 aromatic rings. The summed E-state index contributed by atoms with van der Waals surface area (Å²) in [5.74, 6) is 2.56. The number of rotatable bonds is 1. The maximum Gasteiger partial charge on any atom is -0.0165 e. The first-order valence-electron chi connectivity index (χ1n) is 3.71. The third-order valence-corrected chi connectivity index (χ3v) is 2.63. The fourth-order valence-electron chi connectivity index (χ4n) is 2.09. The lowest BCUT2D eigenvalue weighted by Crippen LogP contribution is -2.01. The predicted octanol–water partition coefficient (Wildman–Crippen LogP) is 2.38. The molecule has 0 spiro atoms. The molecule has 0 aromatic carbocycles. The second kappa shape index (κ2) is 1.73. The quantitative estimate of drug-likeness (QED) is 0.466. The van der Waals surface area contributed by atoms with Crippen molar-refractivity contribution in [3.63, 3.8) is 0 Å². The minimum atomic E-state index is 0.806. The smallest absolute Gasteiger partial charge is 0.0165 e. The van der Waals surface area contributed by atoms with Crippen LogP contribution in [0.1, 0.15) is 12.8 Å². The highest BCUT2D eigenvalue weighted by atomic mass is 14.4. The molecule has 0 saturated heterocycles. The van der Waals surface area contributed by atoms with Gasteiger partial charge in [0.05, 0.1) is 0 Å². The zero-order valence-electron chi connectivity index (χ0n) is 5.59. The number of hydrogen-bond donors (Lipinski definition) is 0. The highest BCUT2D eigenvalue weighted by Gasteiger charge is 2.33. The molecular weight excluding hydrogens is 108 g/mol. The Morgan fingerprint density at radius 1 is 1.33 bits per heavy atom. The van der Waals surface area contributed by atoms with Gasteiger partial charge in [-0.25, -0.2) is 0 Å². The van der Waals surface area contributed by atoms with Crippen molar-refractivity contribution in [1.29, 1.82) is 0 Å². The van der Waals surface area contributed by atoms with Crippen molar-refractivity contribution in [1.82, 2.24) is 0 Å². The topological polar surface area (TPSA) is 0 Å². The molecule has 1 saturated carbocycles. The van der Waals surface area contributed by atoms with Gasteiger partial charge in [-0.1, -0.05) is 18.2 Å². The molecule has 0 amide bonds. The summed E-state index contributed by atoms with van der Waals surface area (Å²) in [6.07, 6.45) is 9.61. The minimum Gasteiger partial charge on any atom is -0.103 e. The van der Waals surface area contributed by atoms with Crippen LogP contribution in [0.2, 0.25) is 0 Å². The van der Waals surface area contributed by atoms with Crippen LogP contribution in [0.5, 0.6) is 0 Å². The molecule has 0 heteroatoms. The van der Waals surface area contributed by atoms with E-state index in [1.165, 1.54) is 12.8 Å². The molecule has 0 aromatic heterocycles. The highest BCUT2D eigenvalue weighted by Crippen LogP contribution is 2.43. The Morgan fingerprint density at radius 2 is 2.22 bits per heavy atom. The van der Waals surface area contributed by atoms with E-state index in [4.69, 9.17) is 0 Å². The predicted molar refractivity (Wildman–Crippen MR) is 39.0 cm³/mol. The minimum absolute atomic E-state index is 0.806. The zero-order valence-corrected chi connectivity index (χ0v) is 5.59. The van der Waals surface area contributed by atoms with Gasteiger partial charge in [-0.2, -0.15) is 0 Å².